The van der Waals surface area contributed by atoms with Gasteiger partial charge in [-0.15, -0.1) is 0 Å². The lowest BCUT2D eigenvalue weighted by atomic mass is 9.96. The largest absolute Gasteiger partial charge is 0.493 e. The molecular formula is C32H39N7O5. The van der Waals surface area contributed by atoms with Gasteiger partial charge in [0.05, 0.1) is 23.9 Å². The van der Waals surface area contributed by atoms with Crippen molar-refractivity contribution < 1.29 is 23.9 Å². The minimum atomic E-state index is -0.614. The maximum atomic E-state index is 13.4. The number of piperidine rings is 1. The molecule has 2 aliphatic rings. The van der Waals surface area contributed by atoms with Gasteiger partial charge >= 0.3 is 0 Å². The highest BCUT2D eigenvalue weighted by Crippen LogP contribution is 2.39. The van der Waals surface area contributed by atoms with Gasteiger partial charge in [-0.3, -0.25) is 14.4 Å². The maximum Gasteiger partial charge on any atom is 0.251 e. The number of aromatic nitrogens is 1. The number of ether oxygens (including phenoxy) is 2. The Labute approximate surface area is 256 Å². The number of primary amides is 2. The maximum absolute atomic E-state index is 13.4. The van der Waals surface area contributed by atoms with Crippen LogP contribution in [0.4, 0.5) is 17.2 Å². The van der Waals surface area contributed by atoms with Crippen LogP contribution in [-0.2, 0) is 0 Å². The van der Waals surface area contributed by atoms with Crippen LogP contribution in [0.25, 0.3) is 0 Å². The number of fused-ring (bicyclic) bond motifs is 2. The van der Waals surface area contributed by atoms with Crippen molar-refractivity contribution in [2.24, 2.45) is 11.5 Å². The van der Waals surface area contributed by atoms with Crippen LogP contribution in [-0.4, -0.2) is 80.1 Å². The van der Waals surface area contributed by atoms with E-state index in [2.05, 4.69) is 20.5 Å². The number of carbonyl (C=O) groups excluding carboxylic acids is 3. The number of hydrogen-bond acceptors (Lipinski definition) is 9. The first kappa shape index (κ1) is 30.6. The Hall–Kier alpha value is -4.84. The molecule has 3 amide bonds. The SMILES string of the molecule is COc1ccc(Nc2cc(C(=O)N[C@H]3C[C@H]4CC[C@@H](C3)N4c3ccc(C(N)=O)cn3)ccc2C(N)=O)cc1OCCN(C)C. The Kier molecular flexibility index (Phi) is 9.19. The highest BCUT2D eigenvalue weighted by molar-refractivity contribution is 6.02. The van der Waals surface area contributed by atoms with Crippen LogP contribution in [0.2, 0.25) is 0 Å². The number of likely N-dealkylation sites (N-methyl/N-ethyl adjacent to an activating group) is 1. The molecule has 2 aliphatic heterocycles. The lowest BCUT2D eigenvalue weighted by molar-refractivity contribution is 0.0924. The summed E-state index contributed by atoms with van der Waals surface area (Å²) in [4.78, 5) is 45.9. The number of hydrogen-bond donors (Lipinski definition) is 4. The number of benzene rings is 2. The van der Waals surface area contributed by atoms with Crippen LogP contribution < -0.4 is 36.5 Å². The van der Waals surface area contributed by atoms with E-state index in [-0.39, 0.29) is 29.6 Å². The highest BCUT2D eigenvalue weighted by Gasteiger charge is 2.41. The summed E-state index contributed by atoms with van der Waals surface area (Å²) in [5.74, 6) is 0.596. The van der Waals surface area contributed by atoms with E-state index in [1.807, 2.05) is 25.1 Å². The fraction of sp³-hybridized carbons (Fsp3) is 0.375. The van der Waals surface area contributed by atoms with Crippen LogP contribution in [0, 0.1) is 0 Å². The van der Waals surface area contributed by atoms with Crippen molar-refractivity contribution in [1.82, 2.24) is 15.2 Å². The number of nitrogens with one attached hydrogen (secondary N) is 2. The van der Waals surface area contributed by atoms with E-state index >= 15 is 0 Å². The third-order valence-electron chi connectivity index (χ3n) is 8.15. The number of anilines is 3. The van der Waals surface area contributed by atoms with Crippen LogP contribution in [0.5, 0.6) is 11.5 Å². The first-order valence-electron chi connectivity index (χ1n) is 14.6. The number of methoxy groups -OCH3 is 1. The van der Waals surface area contributed by atoms with Gasteiger partial charge in [0.25, 0.3) is 11.8 Å². The normalized spacial score (nSPS) is 19.0. The van der Waals surface area contributed by atoms with Crippen molar-refractivity contribution in [2.75, 3.05) is 44.6 Å². The van der Waals surface area contributed by atoms with Gasteiger partial charge in [-0.05, 0) is 82.2 Å². The highest BCUT2D eigenvalue weighted by atomic mass is 16.5. The fourth-order valence-electron chi connectivity index (χ4n) is 5.99. The summed E-state index contributed by atoms with van der Waals surface area (Å²) in [6.45, 7) is 1.19. The predicted molar refractivity (Wildman–Crippen MR) is 168 cm³/mol. The summed E-state index contributed by atoms with van der Waals surface area (Å²) >= 11 is 0. The molecule has 3 atom stereocenters. The summed E-state index contributed by atoms with van der Waals surface area (Å²) in [5, 5.41) is 6.43. The number of amides is 3. The summed E-state index contributed by atoms with van der Waals surface area (Å²) in [6, 6.07) is 14.1. The minimum Gasteiger partial charge on any atom is -0.493 e. The number of nitrogens with two attached hydrogens (primary N) is 2. The molecule has 0 aliphatic carbocycles. The molecule has 2 aromatic carbocycles. The molecule has 2 fully saturated rings. The predicted octanol–water partition coefficient (Wildman–Crippen LogP) is 2.90. The summed E-state index contributed by atoms with van der Waals surface area (Å²) in [7, 11) is 5.50. The van der Waals surface area contributed by atoms with Crippen LogP contribution in [0.15, 0.2) is 54.7 Å². The Morgan fingerprint density at radius 1 is 0.955 bits per heavy atom. The van der Waals surface area contributed by atoms with E-state index in [4.69, 9.17) is 20.9 Å². The number of rotatable bonds is 12. The van der Waals surface area contributed by atoms with Crippen molar-refractivity contribution in [3.05, 3.63) is 71.4 Å². The molecular weight excluding hydrogens is 562 g/mol. The van der Waals surface area contributed by atoms with E-state index in [1.54, 1.807) is 49.6 Å². The van der Waals surface area contributed by atoms with E-state index in [0.29, 0.717) is 40.6 Å². The van der Waals surface area contributed by atoms with Gasteiger partial charge in [0.1, 0.15) is 12.4 Å². The molecule has 6 N–H and O–H groups in total. The van der Waals surface area contributed by atoms with Crippen molar-refractivity contribution in [1.29, 1.82) is 0 Å². The molecule has 12 heteroatoms. The zero-order valence-corrected chi connectivity index (χ0v) is 25.2. The summed E-state index contributed by atoms with van der Waals surface area (Å²) in [5.41, 5.74) is 13.1. The third kappa shape index (κ3) is 6.86. The van der Waals surface area contributed by atoms with Crippen molar-refractivity contribution >= 4 is 34.9 Å². The zero-order valence-electron chi connectivity index (χ0n) is 25.2. The molecule has 2 bridgehead atoms. The van der Waals surface area contributed by atoms with E-state index in [9.17, 15) is 14.4 Å². The Morgan fingerprint density at radius 2 is 1.68 bits per heavy atom. The summed E-state index contributed by atoms with van der Waals surface area (Å²) in [6.07, 6.45) is 5.06. The molecule has 0 unspecified atom stereocenters. The van der Waals surface area contributed by atoms with E-state index < -0.39 is 11.8 Å². The van der Waals surface area contributed by atoms with Crippen molar-refractivity contribution in [3.8, 4) is 11.5 Å². The molecule has 1 aromatic heterocycles. The molecule has 5 rings (SSSR count). The van der Waals surface area contributed by atoms with Gasteiger partial charge in [-0.2, -0.15) is 0 Å². The molecule has 3 aromatic rings. The minimum absolute atomic E-state index is 0.0168. The molecule has 0 saturated carbocycles. The van der Waals surface area contributed by atoms with E-state index in [1.165, 1.54) is 6.20 Å². The topological polar surface area (TPSA) is 165 Å². The Morgan fingerprint density at radius 3 is 2.30 bits per heavy atom. The number of carbonyl (C=O) groups is 3. The molecule has 0 spiro atoms. The van der Waals surface area contributed by atoms with Gasteiger partial charge in [-0.1, -0.05) is 0 Å². The average molecular weight is 602 g/mol. The molecule has 3 heterocycles. The van der Waals surface area contributed by atoms with Crippen molar-refractivity contribution in [3.63, 3.8) is 0 Å². The Bertz CT molecular complexity index is 1510. The first-order valence-corrected chi connectivity index (χ1v) is 14.6. The number of pyridine rings is 1. The number of nitrogens with zero attached hydrogens (tertiary/aromatic N) is 3. The fourth-order valence-corrected chi connectivity index (χ4v) is 5.99. The van der Waals surface area contributed by atoms with Gasteiger partial charge in [-0.25, -0.2) is 4.98 Å². The second-order valence-corrected chi connectivity index (χ2v) is 11.5. The van der Waals surface area contributed by atoms with Crippen LogP contribution in [0.1, 0.15) is 56.8 Å². The standard InChI is InChI=1S/C32H39N7O5/c1-38(2)12-13-44-28-17-21(6-10-27(28)43-3)36-26-14-19(4-9-25(26)31(34)41)32(42)37-22-15-23-7-8-24(16-22)39(23)29-11-5-20(18-35-29)30(33)40/h4-6,9-11,14,17-18,22-24,36H,7-8,12-13,15-16H2,1-3H3,(H2,33,40)(H2,34,41)(H,37,42)/t22-,23+,24-. The molecule has 0 radical (unpaired) electrons. The zero-order chi connectivity index (χ0) is 31.4. The monoisotopic (exact) mass is 601 g/mol. The second-order valence-electron chi connectivity index (χ2n) is 11.5. The molecule has 12 nitrogen and oxygen atoms in total. The average Bonchev–Trinajstić information content (AvgIpc) is 3.26. The molecule has 2 saturated heterocycles. The smallest absolute Gasteiger partial charge is 0.251 e. The first-order chi connectivity index (χ1) is 21.1. The Balaban J connectivity index is 1.28. The van der Waals surface area contributed by atoms with Gasteiger partial charge in [0, 0.05) is 48.2 Å². The van der Waals surface area contributed by atoms with Crippen LogP contribution >= 0.6 is 0 Å². The van der Waals surface area contributed by atoms with Gasteiger partial charge in [0.15, 0.2) is 11.5 Å². The van der Waals surface area contributed by atoms with Gasteiger partial charge in [0.2, 0.25) is 5.91 Å². The van der Waals surface area contributed by atoms with Crippen molar-refractivity contribution in [2.45, 2.75) is 43.8 Å². The molecule has 232 valence electrons. The van der Waals surface area contributed by atoms with Crippen LogP contribution in [0.3, 0.4) is 0 Å². The molecule has 44 heavy (non-hydrogen) atoms. The lowest BCUT2D eigenvalue weighted by Crippen LogP contribution is -2.50. The van der Waals surface area contributed by atoms with E-state index in [0.717, 1.165) is 38.0 Å². The quantitative estimate of drug-likeness (QED) is 0.244. The summed E-state index contributed by atoms with van der Waals surface area (Å²) < 4.78 is 11.4. The van der Waals surface area contributed by atoms with Gasteiger partial charge < -0.3 is 41.4 Å². The second kappa shape index (κ2) is 13.2. The third-order valence-corrected chi connectivity index (χ3v) is 8.15. The lowest BCUT2D eigenvalue weighted by Gasteiger charge is -2.40.